The Morgan fingerprint density at radius 2 is 2.06 bits per heavy atom. The minimum absolute atomic E-state index is 0.177. The van der Waals surface area contributed by atoms with Crippen LogP contribution in [0.5, 0.6) is 0 Å². The van der Waals surface area contributed by atoms with Gasteiger partial charge in [-0.2, -0.15) is 0 Å². The molecule has 0 unspecified atom stereocenters. The fourth-order valence-electron chi connectivity index (χ4n) is 1.89. The molecule has 0 aromatic heterocycles. The first kappa shape index (κ1) is 14.0. The lowest BCUT2D eigenvalue weighted by atomic mass is 10.0. The highest BCUT2D eigenvalue weighted by molar-refractivity contribution is 5.67. The van der Waals surface area contributed by atoms with Crippen molar-refractivity contribution >= 4 is 6.09 Å². The van der Waals surface area contributed by atoms with Crippen molar-refractivity contribution in [2.75, 3.05) is 26.2 Å². The van der Waals surface area contributed by atoms with Crippen molar-refractivity contribution < 1.29 is 9.53 Å². The highest BCUT2D eigenvalue weighted by Gasteiger charge is 2.22. The Morgan fingerprint density at radius 3 is 2.59 bits per heavy atom. The van der Waals surface area contributed by atoms with E-state index in [2.05, 4.69) is 18.8 Å². The van der Waals surface area contributed by atoms with Gasteiger partial charge in [-0.15, -0.1) is 0 Å². The van der Waals surface area contributed by atoms with Crippen LogP contribution in [0.15, 0.2) is 12.2 Å². The summed E-state index contributed by atoms with van der Waals surface area (Å²) in [5.41, 5.74) is 1.23. The summed E-state index contributed by atoms with van der Waals surface area (Å²) in [5.74, 6) is 0. The monoisotopic (exact) mass is 240 g/mol. The van der Waals surface area contributed by atoms with E-state index in [1.807, 2.05) is 6.92 Å². The standard InChI is InChI=1S/C13H24N2O2/c1-4-11(3)10-14-12-6-8-15(9-7-12)13(16)17-5-2/h12,14H,3-10H2,1-2H3. The van der Waals surface area contributed by atoms with Gasteiger partial charge in [0.2, 0.25) is 0 Å². The number of nitrogens with one attached hydrogen (secondary N) is 1. The molecule has 17 heavy (non-hydrogen) atoms. The van der Waals surface area contributed by atoms with Crippen LogP contribution in [0.4, 0.5) is 4.79 Å². The summed E-state index contributed by atoms with van der Waals surface area (Å²) in [7, 11) is 0. The first-order chi connectivity index (χ1) is 8.17. The molecule has 0 saturated carbocycles. The molecule has 1 fully saturated rings. The molecule has 0 radical (unpaired) electrons. The van der Waals surface area contributed by atoms with E-state index < -0.39 is 0 Å². The van der Waals surface area contributed by atoms with E-state index >= 15 is 0 Å². The third kappa shape index (κ3) is 4.77. The molecule has 0 aromatic rings. The van der Waals surface area contributed by atoms with Crippen molar-refractivity contribution in [1.82, 2.24) is 10.2 Å². The molecular weight excluding hydrogens is 216 g/mol. The second-order valence-electron chi connectivity index (χ2n) is 4.44. The number of ether oxygens (including phenoxy) is 1. The Labute approximate surface area is 104 Å². The van der Waals surface area contributed by atoms with Crippen molar-refractivity contribution in [2.45, 2.75) is 39.2 Å². The number of hydrogen-bond donors (Lipinski definition) is 1. The molecule has 0 atom stereocenters. The smallest absolute Gasteiger partial charge is 0.409 e. The third-order valence-corrected chi connectivity index (χ3v) is 3.16. The van der Waals surface area contributed by atoms with Crippen molar-refractivity contribution in [3.8, 4) is 0 Å². The predicted molar refractivity (Wildman–Crippen MR) is 69.1 cm³/mol. The molecule has 1 amide bonds. The summed E-state index contributed by atoms with van der Waals surface area (Å²) in [5, 5.41) is 3.49. The number of carbonyl (C=O) groups is 1. The van der Waals surface area contributed by atoms with Gasteiger partial charge in [-0.3, -0.25) is 0 Å². The Balaban J connectivity index is 2.21. The summed E-state index contributed by atoms with van der Waals surface area (Å²) >= 11 is 0. The first-order valence-electron chi connectivity index (χ1n) is 6.49. The number of carbonyl (C=O) groups excluding carboxylic acids is 1. The second kappa shape index (κ2) is 7.33. The topological polar surface area (TPSA) is 41.6 Å². The Morgan fingerprint density at radius 1 is 1.41 bits per heavy atom. The molecule has 0 aromatic carbocycles. The lowest BCUT2D eigenvalue weighted by Crippen LogP contribution is -2.45. The highest BCUT2D eigenvalue weighted by Crippen LogP contribution is 2.11. The van der Waals surface area contributed by atoms with Gasteiger partial charge in [0.1, 0.15) is 0 Å². The lowest BCUT2D eigenvalue weighted by Gasteiger charge is -2.31. The fraction of sp³-hybridized carbons (Fsp3) is 0.769. The minimum Gasteiger partial charge on any atom is -0.450 e. The molecule has 0 aliphatic carbocycles. The molecule has 1 aliphatic rings. The zero-order chi connectivity index (χ0) is 12.7. The van der Waals surface area contributed by atoms with Crippen LogP contribution in [0.1, 0.15) is 33.1 Å². The van der Waals surface area contributed by atoms with Crippen molar-refractivity contribution in [3.63, 3.8) is 0 Å². The highest BCUT2D eigenvalue weighted by atomic mass is 16.6. The Bertz CT molecular complexity index is 258. The summed E-state index contributed by atoms with van der Waals surface area (Å²) in [6, 6.07) is 0.504. The predicted octanol–water partition coefficient (Wildman–Crippen LogP) is 2.16. The van der Waals surface area contributed by atoms with Crippen molar-refractivity contribution in [3.05, 3.63) is 12.2 Å². The van der Waals surface area contributed by atoms with E-state index in [1.165, 1.54) is 5.57 Å². The van der Waals surface area contributed by atoms with Crippen molar-refractivity contribution in [1.29, 1.82) is 0 Å². The maximum atomic E-state index is 11.5. The molecule has 1 N–H and O–H groups in total. The summed E-state index contributed by atoms with van der Waals surface area (Å²) < 4.78 is 4.98. The van der Waals surface area contributed by atoms with E-state index in [1.54, 1.807) is 4.90 Å². The Hall–Kier alpha value is -1.03. The fourth-order valence-corrected chi connectivity index (χ4v) is 1.89. The van der Waals surface area contributed by atoms with Gasteiger partial charge in [0.25, 0.3) is 0 Å². The lowest BCUT2D eigenvalue weighted by molar-refractivity contribution is 0.0953. The number of hydrogen-bond acceptors (Lipinski definition) is 3. The van der Waals surface area contributed by atoms with Gasteiger partial charge in [0.05, 0.1) is 6.61 Å². The van der Waals surface area contributed by atoms with Gasteiger partial charge in [-0.25, -0.2) is 4.79 Å². The number of rotatable bonds is 5. The largest absolute Gasteiger partial charge is 0.450 e. The summed E-state index contributed by atoms with van der Waals surface area (Å²) in [6.07, 6.45) is 2.84. The maximum Gasteiger partial charge on any atom is 0.409 e. The van der Waals surface area contributed by atoms with Crippen LogP contribution in [0.3, 0.4) is 0 Å². The van der Waals surface area contributed by atoms with Gasteiger partial charge in [-0.05, 0) is 26.2 Å². The number of piperidine rings is 1. The van der Waals surface area contributed by atoms with E-state index in [0.717, 1.165) is 38.9 Å². The van der Waals surface area contributed by atoms with Gasteiger partial charge in [0, 0.05) is 25.7 Å². The van der Waals surface area contributed by atoms with Crippen LogP contribution in [-0.4, -0.2) is 43.3 Å². The van der Waals surface area contributed by atoms with E-state index in [4.69, 9.17) is 4.74 Å². The number of amides is 1. The van der Waals surface area contributed by atoms with E-state index in [-0.39, 0.29) is 6.09 Å². The van der Waals surface area contributed by atoms with Crippen molar-refractivity contribution in [2.24, 2.45) is 0 Å². The maximum absolute atomic E-state index is 11.5. The van der Waals surface area contributed by atoms with Crippen LogP contribution < -0.4 is 5.32 Å². The molecule has 4 nitrogen and oxygen atoms in total. The molecule has 4 heteroatoms. The molecule has 1 rings (SSSR count). The summed E-state index contributed by atoms with van der Waals surface area (Å²) in [6.45, 7) is 10.8. The molecule has 98 valence electrons. The van der Waals surface area contributed by atoms with Crippen LogP contribution in [0.2, 0.25) is 0 Å². The van der Waals surface area contributed by atoms with Gasteiger partial charge in [0.15, 0.2) is 0 Å². The molecule has 1 heterocycles. The third-order valence-electron chi connectivity index (χ3n) is 3.16. The molecule has 1 aliphatic heterocycles. The van der Waals surface area contributed by atoms with E-state index in [0.29, 0.717) is 12.6 Å². The average molecular weight is 240 g/mol. The second-order valence-corrected chi connectivity index (χ2v) is 4.44. The van der Waals surface area contributed by atoms with Crippen LogP contribution in [-0.2, 0) is 4.74 Å². The number of nitrogens with zero attached hydrogens (tertiary/aromatic N) is 1. The van der Waals surface area contributed by atoms with Gasteiger partial charge in [-0.1, -0.05) is 19.1 Å². The summed E-state index contributed by atoms with van der Waals surface area (Å²) in [4.78, 5) is 13.3. The molecule has 1 saturated heterocycles. The van der Waals surface area contributed by atoms with E-state index in [9.17, 15) is 4.79 Å². The van der Waals surface area contributed by atoms with Gasteiger partial charge < -0.3 is 15.0 Å². The zero-order valence-corrected chi connectivity index (χ0v) is 11.0. The molecule has 0 bridgehead atoms. The molecule has 0 spiro atoms. The van der Waals surface area contributed by atoms with Crippen LogP contribution in [0, 0.1) is 0 Å². The van der Waals surface area contributed by atoms with Crippen LogP contribution in [0.25, 0.3) is 0 Å². The quantitative estimate of drug-likeness (QED) is 0.749. The molecular formula is C13H24N2O2. The average Bonchev–Trinajstić information content (AvgIpc) is 2.36. The Kier molecular flexibility index (Phi) is 6.05. The number of likely N-dealkylation sites (tertiary alicyclic amines) is 1. The van der Waals surface area contributed by atoms with Crippen LogP contribution >= 0.6 is 0 Å². The minimum atomic E-state index is -0.177. The first-order valence-corrected chi connectivity index (χ1v) is 6.49. The SMILES string of the molecule is C=C(CC)CNC1CCN(C(=O)OCC)CC1. The normalized spacial score (nSPS) is 16.9. The van der Waals surface area contributed by atoms with Gasteiger partial charge >= 0.3 is 6.09 Å². The zero-order valence-electron chi connectivity index (χ0n) is 11.0.